The fraction of sp³-hybridized carbons (Fsp3) is 0.0370. The summed E-state index contributed by atoms with van der Waals surface area (Å²) in [5, 5.41) is 0. The van der Waals surface area contributed by atoms with Crippen LogP contribution < -0.4 is 10.5 Å². The Morgan fingerprint density at radius 1 is 0.733 bits per heavy atom. The molecule has 3 heteroatoms. The molecule has 0 saturated heterocycles. The summed E-state index contributed by atoms with van der Waals surface area (Å²) >= 11 is 0. The summed E-state index contributed by atoms with van der Waals surface area (Å²) < 4.78 is 12.7. The number of nitrogen functional groups attached to an aromatic ring is 1. The van der Waals surface area contributed by atoms with E-state index in [9.17, 15) is 0 Å². The first-order chi connectivity index (χ1) is 14.7. The lowest BCUT2D eigenvalue weighted by atomic mass is 9.75. The quantitative estimate of drug-likeness (QED) is 0.319. The van der Waals surface area contributed by atoms with Crippen molar-refractivity contribution < 1.29 is 9.47 Å². The average Bonchev–Trinajstić information content (AvgIpc) is 2.80. The van der Waals surface area contributed by atoms with Gasteiger partial charge in [0.1, 0.15) is 11.5 Å². The molecule has 2 N–H and O–H groups in total. The van der Waals surface area contributed by atoms with Gasteiger partial charge in [-0.3, -0.25) is 0 Å². The number of benzene rings is 4. The minimum absolute atomic E-state index is 0.644. The van der Waals surface area contributed by atoms with E-state index in [-0.39, 0.29) is 0 Å². The summed E-state index contributed by atoms with van der Waals surface area (Å²) in [5.74, 6) is 1.46. The summed E-state index contributed by atoms with van der Waals surface area (Å²) in [6, 6.07) is 32.2. The Bertz CT molecular complexity index is 1230. The van der Waals surface area contributed by atoms with Crippen LogP contribution in [0.2, 0.25) is 0 Å². The standard InChI is InChI=1S/C27H21NO2/c1-2-29-27(22-13-7-6-12-21(22)19-10-4-3-5-11-19)23-14-8-9-15-25(23)30-26-17-16-20(28)18-24(26)27/h2-18H,1,28H2. The first-order valence-corrected chi connectivity index (χ1v) is 9.85. The van der Waals surface area contributed by atoms with Crippen LogP contribution in [-0.4, -0.2) is 0 Å². The summed E-state index contributed by atoms with van der Waals surface area (Å²) in [5.41, 5.74) is 10.8. The number of rotatable bonds is 4. The molecule has 0 radical (unpaired) electrons. The van der Waals surface area contributed by atoms with E-state index in [4.69, 9.17) is 15.2 Å². The van der Waals surface area contributed by atoms with Gasteiger partial charge in [0.15, 0.2) is 5.60 Å². The lowest BCUT2D eigenvalue weighted by molar-refractivity contribution is 0.0885. The number of hydrogen-bond acceptors (Lipinski definition) is 3. The van der Waals surface area contributed by atoms with Crippen LogP contribution in [-0.2, 0) is 10.3 Å². The minimum Gasteiger partial charge on any atom is -0.481 e. The van der Waals surface area contributed by atoms with E-state index in [1.807, 2.05) is 72.8 Å². The van der Waals surface area contributed by atoms with Crippen LogP contribution in [0.25, 0.3) is 11.1 Å². The Hall–Kier alpha value is -3.98. The molecule has 0 spiro atoms. The average molecular weight is 391 g/mol. The lowest BCUT2D eigenvalue weighted by Crippen LogP contribution is -2.35. The zero-order chi connectivity index (χ0) is 20.6. The van der Waals surface area contributed by atoms with Gasteiger partial charge in [-0.15, -0.1) is 0 Å². The second-order valence-corrected chi connectivity index (χ2v) is 7.23. The monoisotopic (exact) mass is 391 g/mol. The number of para-hydroxylation sites is 1. The lowest BCUT2D eigenvalue weighted by Gasteiger charge is -2.40. The number of nitrogens with two attached hydrogens (primary N) is 1. The molecule has 0 aromatic heterocycles. The highest BCUT2D eigenvalue weighted by molar-refractivity contribution is 5.74. The SMILES string of the molecule is C=COC1(c2ccccc2-c2ccccc2)c2ccccc2Oc2ccc(N)cc21. The van der Waals surface area contributed by atoms with Crippen molar-refractivity contribution in [3.8, 4) is 22.6 Å². The van der Waals surface area contributed by atoms with Crippen molar-refractivity contribution in [2.24, 2.45) is 0 Å². The second kappa shape index (κ2) is 7.12. The number of hydrogen-bond donors (Lipinski definition) is 1. The number of anilines is 1. The van der Waals surface area contributed by atoms with Crippen molar-refractivity contribution in [2.45, 2.75) is 5.60 Å². The van der Waals surface area contributed by atoms with Crippen molar-refractivity contribution in [1.82, 2.24) is 0 Å². The Balaban J connectivity index is 1.91. The van der Waals surface area contributed by atoms with E-state index in [2.05, 4.69) is 30.8 Å². The normalized spacial score (nSPS) is 16.7. The van der Waals surface area contributed by atoms with Gasteiger partial charge in [-0.1, -0.05) is 79.4 Å². The van der Waals surface area contributed by atoms with Crippen molar-refractivity contribution in [1.29, 1.82) is 0 Å². The first-order valence-electron chi connectivity index (χ1n) is 9.85. The molecule has 4 aromatic carbocycles. The molecule has 1 heterocycles. The van der Waals surface area contributed by atoms with Crippen molar-refractivity contribution in [3.63, 3.8) is 0 Å². The van der Waals surface area contributed by atoms with Gasteiger partial charge in [-0.05, 0) is 35.4 Å². The van der Waals surface area contributed by atoms with Crippen molar-refractivity contribution >= 4 is 5.69 Å². The van der Waals surface area contributed by atoms with Crippen molar-refractivity contribution in [2.75, 3.05) is 5.73 Å². The van der Waals surface area contributed by atoms with Crippen LogP contribution in [0.3, 0.4) is 0 Å². The molecule has 0 fully saturated rings. The van der Waals surface area contributed by atoms with E-state index < -0.39 is 5.60 Å². The van der Waals surface area contributed by atoms with Crippen LogP contribution in [0, 0.1) is 0 Å². The number of fused-ring (bicyclic) bond motifs is 2. The predicted molar refractivity (Wildman–Crippen MR) is 120 cm³/mol. The van der Waals surface area contributed by atoms with Gasteiger partial charge in [0.25, 0.3) is 0 Å². The molecule has 0 aliphatic carbocycles. The largest absolute Gasteiger partial charge is 0.481 e. The van der Waals surface area contributed by atoms with E-state index >= 15 is 0 Å². The Morgan fingerprint density at radius 3 is 2.20 bits per heavy atom. The fourth-order valence-corrected chi connectivity index (χ4v) is 4.29. The maximum absolute atomic E-state index is 6.45. The maximum atomic E-state index is 6.45. The molecule has 1 atom stereocenters. The highest BCUT2D eigenvalue weighted by Crippen LogP contribution is 2.54. The molecule has 1 unspecified atom stereocenters. The molecular formula is C27H21NO2. The van der Waals surface area contributed by atoms with Crippen LogP contribution in [0.15, 0.2) is 110 Å². The number of ether oxygens (including phenoxy) is 2. The molecular weight excluding hydrogens is 370 g/mol. The third kappa shape index (κ3) is 2.67. The Morgan fingerprint density at radius 2 is 1.40 bits per heavy atom. The smallest absolute Gasteiger partial charge is 0.191 e. The van der Waals surface area contributed by atoms with Crippen LogP contribution in [0.4, 0.5) is 5.69 Å². The minimum atomic E-state index is -0.951. The first kappa shape index (κ1) is 18.1. The van der Waals surface area contributed by atoms with Crippen molar-refractivity contribution in [3.05, 3.63) is 127 Å². The van der Waals surface area contributed by atoms with Gasteiger partial charge in [-0.2, -0.15) is 0 Å². The molecule has 1 aliphatic rings. The topological polar surface area (TPSA) is 44.5 Å². The molecule has 0 saturated carbocycles. The van der Waals surface area contributed by atoms with Crippen LogP contribution in [0.5, 0.6) is 11.5 Å². The van der Waals surface area contributed by atoms with Gasteiger partial charge < -0.3 is 15.2 Å². The third-order valence-corrected chi connectivity index (χ3v) is 5.52. The molecule has 5 rings (SSSR count). The van der Waals surface area contributed by atoms with E-state index in [0.717, 1.165) is 33.6 Å². The summed E-state index contributed by atoms with van der Waals surface area (Å²) in [6.45, 7) is 3.90. The van der Waals surface area contributed by atoms with E-state index in [0.29, 0.717) is 11.4 Å². The molecule has 0 bridgehead atoms. The highest BCUT2D eigenvalue weighted by atomic mass is 16.5. The third-order valence-electron chi connectivity index (χ3n) is 5.52. The zero-order valence-electron chi connectivity index (χ0n) is 16.4. The highest BCUT2D eigenvalue weighted by Gasteiger charge is 2.46. The predicted octanol–water partition coefficient (Wildman–Crippen LogP) is 6.49. The zero-order valence-corrected chi connectivity index (χ0v) is 16.4. The van der Waals surface area contributed by atoms with Gasteiger partial charge in [0.2, 0.25) is 0 Å². The van der Waals surface area contributed by atoms with Crippen LogP contribution in [0.1, 0.15) is 16.7 Å². The molecule has 1 aliphatic heterocycles. The second-order valence-electron chi connectivity index (χ2n) is 7.23. The van der Waals surface area contributed by atoms with E-state index in [1.165, 1.54) is 6.26 Å². The molecule has 3 nitrogen and oxygen atoms in total. The molecule has 146 valence electrons. The Kier molecular flexibility index (Phi) is 4.29. The van der Waals surface area contributed by atoms with Gasteiger partial charge in [0, 0.05) is 22.4 Å². The molecule has 0 amide bonds. The fourth-order valence-electron chi connectivity index (χ4n) is 4.29. The summed E-state index contributed by atoms with van der Waals surface area (Å²) in [4.78, 5) is 0. The molecule has 30 heavy (non-hydrogen) atoms. The summed E-state index contributed by atoms with van der Waals surface area (Å²) in [7, 11) is 0. The Labute approximate surface area is 176 Å². The molecule has 4 aromatic rings. The van der Waals surface area contributed by atoms with Gasteiger partial charge in [-0.25, -0.2) is 0 Å². The van der Waals surface area contributed by atoms with Crippen LogP contribution >= 0.6 is 0 Å². The maximum Gasteiger partial charge on any atom is 0.191 e. The van der Waals surface area contributed by atoms with Gasteiger partial charge >= 0.3 is 0 Å². The summed E-state index contributed by atoms with van der Waals surface area (Å²) in [6.07, 6.45) is 1.50. The van der Waals surface area contributed by atoms with Gasteiger partial charge in [0.05, 0.1) is 6.26 Å². The van der Waals surface area contributed by atoms with E-state index in [1.54, 1.807) is 0 Å².